The van der Waals surface area contributed by atoms with E-state index in [1.54, 1.807) is 0 Å². The molecule has 4 heteroatoms. The molecule has 0 amide bonds. The Kier molecular flexibility index (Phi) is 3.56. The van der Waals surface area contributed by atoms with E-state index in [-0.39, 0.29) is 0 Å². The van der Waals surface area contributed by atoms with Crippen molar-refractivity contribution in [3.8, 4) is 0 Å². The zero-order valence-electron chi connectivity index (χ0n) is 15.2. The molecule has 0 saturated carbocycles. The SMILES string of the molecule is Cc1cc2cc3sc4c5cc6cc(Cl)c(C)cc6cc5sc4c3cc2cc1Cl. The number of halogens is 2. The van der Waals surface area contributed by atoms with Crippen LogP contribution >= 0.6 is 45.9 Å². The van der Waals surface area contributed by atoms with E-state index in [2.05, 4.69) is 62.4 Å². The second-order valence-electron chi connectivity index (χ2n) is 7.46. The Balaban J connectivity index is 1.73. The molecule has 0 unspecified atom stereocenters. The van der Waals surface area contributed by atoms with Crippen LogP contribution in [-0.4, -0.2) is 0 Å². The van der Waals surface area contributed by atoms with Gasteiger partial charge in [-0.2, -0.15) is 0 Å². The van der Waals surface area contributed by atoms with Gasteiger partial charge in [-0.05, 0) is 95.1 Å². The zero-order chi connectivity index (χ0) is 19.2. The largest absolute Gasteiger partial charge is 0.134 e. The molecule has 6 aromatic rings. The number of aryl methyl sites for hydroxylation is 2. The van der Waals surface area contributed by atoms with Gasteiger partial charge < -0.3 is 0 Å². The summed E-state index contributed by atoms with van der Waals surface area (Å²) in [4.78, 5) is 0. The standard InChI is InChI=1S/C24H14Cl2S2/c1-11-3-13-9-21-17(5-15(13)7-19(11)25)23-24(27-21)18-6-16-8-20(26)12(2)4-14(16)10-22(18)28-23/h3-10H,1-2H3. The van der Waals surface area contributed by atoms with Crippen LogP contribution in [0.5, 0.6) is 0 Å². The Morgan fingerprint density at radius 2 is 0.929 bits per heavy atom. The minimum absolute atomic E-state index is 0.827. The maximum absolute atomic E-state index is 6.37. The fourth-order valence-corrected chi connectivity index (χ4v) is 7.06. The fraction of sp³-hybridized carbons (Fsp3) is 0.0833. The van der Waals surface area contributed by atoms with Crippen molar-refractivity contribution in [2.24, 2.45) is 0 Å². The van der Waals surface area contributed by atoms with E-state index in [1.807, 2.05) is 22.7 Å². The van der Waals surface area contributed by atoms with Gasteiger partial charge >= 0.3 is 0 Å². The normalized spacial score (nSPS) is 12.3. The highest BCUT2D eigenvalue weighted by molar-refractivity contribution is 7.36. The third-order valence-corrected chi connectivity index (χ3v) is 8.87. The molecule has 2 aromatic heterocycles. The van der Waals surface area contributed by atoms with Crippen molar-refractivity contribution >= 4 is 97.0 Å². The van der Waals surface area contributed by atoms with Gasteiger partial charge in [0, 0.05) is 30.2 Å². The molecule has 0 N–H and O–H groups in total. The average molecular weight is 437 g/mol. The second kappa shape index (κ2) is 5.84. The van der Waals surface area contributed by atoms with E-state index in [1.165, 1.54) is 51.1 Å². The van der Waals surface area contributed by atoms with Crippen molar-refractivity contribution < 1.29 is 0 Å². The Hall–Kier alpha value is -1.84. The second-order valence-corrected chi connectivity index (χ2v) is 10.4. The molecule has 0 radical (unpaired) electrons. The molecule has 0 nitrogen and oxygen atoms in total. The van der Waals surface area contributed by atoms with Crippen LogP contribution < -0.4 is 0 Å². The van der Waals surface area contributed by atoms with Gasteiger partial charge in [-0.3, -0.25) is 0 Å². The first-order chi connectivity index (χ1) is 13.5. The Bertz CT molecular complexity index is 1480. The van der Waals surface area contributed by atoms with Gasteiger partial charge in [0.25, 0.3) is 0 Å². The third-order valence-electron chi connectivity index (χ3n) is 5.55. The van der Waals surface area contributed by atoms with Crippen LogP contribution in [0, 0.1) is 13.8 Å². The summed E-state index contributed by atoms with van der Waals surface area (Å²) in [5.41, 5.74) is 2.24. The van der Waals surface area contributed by atoms with Gasteiger partial charge in [0.15, 0.2) is 0 Å². The van der Waals surface area contributed by atoms with Gasteiger partial charge in [0.05, 0.1) is 9.40 Å². The van der Waals surface area contributed by atoms with Crippen molar-refractivity contribution in [1.82, 2.24) is 0 Å². The first kappa shape index (κ1) is 17.1. The molecule has 0 atom stereocenters. The quantitative estimate of drug-likeness (QED) is 0.222. The Morgan fingerprint density at radius 3 is 1.36 bits per heavy atom. The number of rotatable bonds is 0. The van der Waals surface area contributed by atoms with E-state index < -0.39 is 0 Å². The van der Waals surface area contributed by atoms with Crippen molar-refractivity contribution in [3.05, 3.63) is 69.7 Å². The third kappa shape index (κ3) is 2.36. The lowest BCUT2D eigenvalue weighted by atomic mass is 10.0. The zero-order valence-corrected chi connectivity index (χ0v) is 18.3. The molecule has 0 bridgehead atoms. The fourth-order valence-electron chi connectivity index (χ4n) is 4.02. The lowest BCUT2D eigenvalue weighted by Crippen LogP contribution is -1.78. The monoisotopic (exact) mass is 436 g/mol. The van der Waals surface area contributed by atoms with Crippen molar-refractivity contribution in [1.29, 1.82) is 0 Å². The van der Waals surface area contributed by atoms with Gasteiger partial charge in [0.1, 0.15) is 0 Å². The summed E-state index contributed by atoms with van der Waals surface area (Å²) < 4.78 is 5.40. The summed E-state index contributed by atoms with van der Waals surface area (Å²) in [5.74, 6) is 0. The molecule has 6 rings (SSSR count). The summed E-state index contributed by atoms with van der Waals surface area (Å²) in [6, 6.07) is 17.7. The molecule has 4 aromatic carbocycles. The number of hydrogen-bond donors (Lipinski definition) is 0. The van der Waals surface area contributed by atoms with Crippen LogP contribution in [0.15, 0.2) is 48.5 Å². The first-order valence-corrected chi connectivity index (χ1v) is 11.5. The molecule has 0 aliphatic rings. The van der Waals surface area contributed by atoms with Crippen LogP contribution in [0.1, 0.15) is 11.1 Å². The lowest BCUT2D eigenvalue weighted by molar-refractivity contribution is 1.51. The molecule has 28 heavy (non-hydrogen) atoms. The summed E-state index contributed by atoms with van der Waals surface area (Å²) >= 11 is 16.5. The molecule has 0 spiro atoms. The molecule has 0 aliphatic heterocycles. The van der Waals surface area contributed by atoms with Gasteiger partial charge in [-0.25, -0.2) is 0 Å². The van der Waals surface area contributed by atoms with E-state index in [4.69, 9.17) is 23.2 Å². The molecule has 0 fully saturated rings. The average Bonchev–Trinajstić information content (AvgIpc) is 3.16. The van der Waals surface area contributed by atoms with Crippen LogP contribution in [0.4, 0.5) is 0 Å². The van der Waals surface area contributed by atoms with Crippen LogP contribution in [0.2, 0.25) is 10.0 Å². The van der Waals surface area contributed by atoms with Crippen LogP contribution in [-0.2, 0) is 0 Å². The predicted molar refractivity (Wildman–Crippen MR) is 129 cm³/mol. The number of hydrogen-bond acceptors (Lipinski definition) is 2. The maximum atomic E-state index is 6.37. The number of benzene rings is 4. The van der Waals surface area contributed by atoms with Gasteiger partial charge in [-0.15, -0.1) is 22.7 Å². The highest BCUT2D eigenvalue weighted by Gasteiger charge is 2.14. The van der Waals surface area contributed by atoms with Gasteiger partial charge in [0.2, 0.25) is 0 Å². The van der Waals surface area contributed by atoms with E-state index in [9.17, 15) is 0 Å². The first-order valence-electron chi connectivity index (χ1n) is 9.06. The number of fused-ring (bicyclic) bond motifs is 7. The van der Waals surface area contributed by atoms with E-state index >= 15 is 0 Å². The minimum atomic E-state index is 0.827. The van der Waals surface area contributed by atoms with Crippen LogP contribution in [0.3, 0.4) is 0 Å². The molecule has 136 valence electrons. The number of thiophene rings is 2. The van der Waals surface area contributed by atoms with Crippen molar-refractivity contribution in [2.45, 2.75) is 13.8 Å². The predicted octanol–water partition coefficient (Wildman–Crippen LogP) is 9.50. The molecular formula is C24H14Cl2S2. The molecule has 0 saturated heterocycles. The molecule has 0 aliphatic carbocycles. The van der Waals surface area contributed by atoms with Gasteiger partial charge in [-0.1, -0.05) is 23.2 Å². The minimum Gasteiger partial charge on any atom is -0.134 e. The van der Waals surface area contributed by atoms with E-state index in [0.29, 0.717) is 0 Å². The topological polar surface area (TPSA) is 0 Å². The molecule has 2 heterocycles. The Morgan fingerprint density at radius 1 is 0.536 bits per heavy atom. The lowest BCUT2D eigenvalue weighted by Gasteiger charge is -2.03. The summed E-state index contributed by atoms with van der Waals surface area (Å²) in [5, 5.41) is 9.21. The van der Waals surface area contributed by atoms with E-state index in [0.717, 1.165) is 21.2 Å². The smallest absolute Gasteiger partial charge is 0.0542 e. The van der Waals surface area contributed by atoms with Crippen LogP contribution in [0.25, 0.3) is 51.1 Å². The highest BCUT2D eigenvalue weighted by Crippen LogP contribution is 2.46. The summed E-state index contributed by atoms with van der Waals surface area (Å²) in [6.07, 6.45) is 0. The summed E-state index contributed by atoms with van der Waals surface area (Å²) in [7, 11) is 0. The molecular weight excluding hydrogens is 423 g/mol. The summed E-state index contributed by atoms with van der Waals surface area (Å²) in [6.45, 7) is 4.12. The maximum Gasteiger partial charge on any atom is 0.0542 e. The Labute approximate surface area is 179 Å². The van der Waals surface area contributed by atoms with Crippen molar-refractivity contribution in [3.63, 3.8) is 0 Å². The van der Waals surface area contributed by atoms with Crippen molar-refractivity contribution in [2.75, 3.05) is 0 Å². The highest BCUT2D eigenvalue weighted by atomic mass is 35.5.